The molecule has 0 saturated carbocycles. The average Bonchev–Trinajstić information content (AvgIpc) is 3.29. The summed E-state index contributed by atoms with van der Waals surface area (Å²) >= 11 is 0. The van der Waals surface area contributed by atoms with Crippen molar-refractivity contribution in [3.63, 3.8) is 0 Å². The number of nitrogen functional groups attached to an aromatic ring is 1. The molecule has 2 N–H and O–H groups in total. The third-order valence-corrected chi connectivity index (χ3v) is 6.61. The second-order valence-corrected chi connectivity index (χ2v) is 9.50. The van der Waals surface area contributed by atoms with E-state index in [1.807, 2.05) is 74.8 Å². The topological polar surface area (TPSA) is 62.3 Å². The second kappa shape index (κ2) is 11.8. The highest BCUT2D eigenvalue weighted by molar-refractivity contribution is 5.65. The van der Waals surface area contributed by atoms with Crippen molar-refractivity contribution in [1.29, 1.82) is 5.26 Å². The molecule has 5 rings (SSSR count). The quantitative estimate of drug-likeness (QED) is 0.302. The van der Waals surface area contributed by atoms with E-state index in [9.17, 15) is 4.39 Å². The SMILES string of the molecule is CN(C)CCCC1(c2ccc(F)cc2)OCc2cc(C#N)ccc21.Nc1ccc(-c2ccccc2)cc1. The molecule has 1 aliphatic rings. The smallest absolute Gasteiger partial charge is 0.123 e. The van der Waals surface area contributed by atoms with E-state index < -0.39 is 5.60 Å². The first-order chi connectivity index (χ1) is 17.9. The maximum atomic E-state index is 13.4. The summed E-state index contributed by atoms with van der Waals surface area (Å²) in [6.45, 7) is 1.43. The van der Waals surface area contributed by atoms with Gasteiger partial charge >= 0.3 is 0 Å². The van der Waals surface area contributed by atoms with Crippen LogP contribution >= 0.6 is 0 Å². The first-order valence-electron chi connectivity index (χ1n) is 12.4. The molecule has 1 aliphatic heterocycles. The molecule has 0 radical (unpaired) electrons. The summed E-state index contributed by atoms with van der Waals surface area (Å²) in [6.07, 6.45) is 1.78. The normalized spacial score (nSPS) is 16.0. The summed E-state index contributed by atoms with van der Waals surface area (Å²) in [5.74, 6) is -0.250. The van der Waals surface area contributed by atoms with Crippen LogP contribution in [0.2, 0.25) is 0 Å². The highest BCUT2D eigenvalue weighted by Gasteiger charge is 2.41. The van der Waals surface area contributed by atoms with Crippen molar-refractivity contribution < 1.29 is 9.13 Å². The number of halogens is 1. The molecule has 0 aromatic heterocycles. The largest absolute Gasteiger partial charge is 0.399 e. The molecule has 188 valence electrons. The minimum Gasteiger partial charge on any atom is -0.399 e. The molecule has 0 aliphatic carbocycles. The van der Waals surface area contributed by atoms with Gasteiger partial charge < -0.3 is 15.4 Å². The number of rotatable bonds is 6. The van der Waals surface area contributed by atoms with E-state index in [4.69, 9.17) is 15.7 Å². The van der Waals surface area contributed by atoms with E-state index in [1.165, 1.54) is 23.3 Å². The predicted molar refractivity (Wildman–Crippen MR) is 147 cm³/mol. The highest BCUT2D eigenvalue weighted by atomic mass is 19.1. The Labute approximate surface area is 218 Å². The van der Waals surface area contributed by atoms with Crippen LogP contribution in [0.25, 0.3) is 11.1 Å². The van der Waals surface area contributed by atoms with Gasteiger partial charge in [-0.1, -0.05) is 60.7 Å². The number of benzene rings is 4. The van der Waals surface area contributed by atoms with Crippen molar-refractivity contribution in [2.24, 2.45) is 0 Å². The molecular formula is C32H32FN3O. The van der Waals surface area contributed by atoms with E-state index >= 15 is 0 Å². The number of anilines is 1. The van der Waals surface area contributed by atoms with Crippen LogP contribution in [0.15, 0.2) is 97.1 Å². The number of nitrogens with zero attached hydrogens (tertiary/aromatic N) is 2. The Kier molecular flexibility index (Phi) is 8.35. The molecule has 4 nitrogen and oxygen atoms in total. The summed E-state index contributed by atoms with van der Waals surface area (Å²) in [7, 11) is 4.10. The average molecular weight is 494 g/mol. The molecule has 0 fully saturated rings. The maximum absolute atomic E-state index is 13.4. The first kappa shape index (κ1) is 26.1. The van der Waals surface area contributed by atoms with E-state index in [1.54, 1.807) is 12.1 Å². The van der Waals surface area contributed by atoms with Crippen LogP contribution in [0.3, 0.4) is 0 Å². The molecule has 0 spiro atoms. The standard InChI is InChI=1S/C20H21FN2O.C12H11N/c1-23(2)11-3-10-20(17-5-7-18(21)8-6-17)19-9-4-15(13-22)12-16(19)14-24-20;13-12-8-6-11(7-9-12)10-4-2-1-3-5-10/h4-9,12H,3,10-11,14H2,1-2H3;1-9H,13H2. The molecule has 0 bridgehead atoms. The van der Waals surface area contributed by atoms with E-state index in [-0.39, 0.29) is 5.82 Å². The molecule has 1 unspecified atom stereocenters. The van der Waals surface area contributed by atoms with Crippen LogP contribution in [0.5, 0.6) is 0 Å². The number of hydrogen-bond acceptors (Lipinski definition) is 4. The van der Waals surface area contributed by atoms with Crippen LogP contribution < -0.4 is 5.73 Å². The Bertz CT molecular complexity index is 1350. The van der Waals surface area contributed by atoms with Gasteiger partial charge in [0.2, 0.25) is 0 Å². The summed E-state index contributed by atoms with van der Waals surface area (Å²) in [4.78, 5) is 2.15. The highest BCUT2D eigenvalue weighted by Crippen LogP contribution is 2.45. The zero-order valence-electron chi connectivity index (χ0n) is 21.3. The van der Waals surface area contributed by atoms with Gasteiger partial charge in [0.15, 0.2) is 0 Å². The lowest BCUT2D eigenvalue weighted by Gasteiger charge is -2.31. The van der Waals surface area contributed by atoms with Crippen molar-refractivity contribution in [1.82, 2.24) is 4.90 Å². The number of fused-ring (bicyclic) bond motifs is 1. The third kappa shape index (κ3) is 6.24. The molecule has 5 heteroatoms. The number of nitriles is 1. The fraction of sp³-hybridized carbons (Fsp3) is 0.219. The Morgan fingerprint density at radius 1 is 0.919 bits per heavy atom. The maximum Gasteiger partial charge on any atom is 0.123 e. The Morgan fingerprint density at radius 2 is 1.59 bits per heavy atom. The molecule has 0 saturated heterocycles. The van der Waals surface area contributed by atoms with Gasteiger partial charge in [0.25, 0.3) is 0 Å². The van der Waals surface area contributed by atoms with Crippen molar-refractivity contribution >= 4 is 5.69 Å². The summed E-state index contributed by atoms with van der Waals surface area (Å²) in [6, 6.07) is 32.6. The molecule has 1 heterocycles. The van der Waals surface area contributed by atoms with Gasteiger partial charge in [-0.2, -0.15) is 5.26 Å². The van der Waals surface area contributed by atoms with Gasteiger partial charge in [0.1, 0.15) is 11.4 Å². The Hall–Kier alpha value is -3.98. The van der Waals surface area contributed by atoms with Crippen molar-refractivity contribution in [2.75, 3.05) is 26.4 Å². The summed E-state index contributed by atoms with van der Waals surface area (Å²) in [5, 5.41) is 9.11. The lowest BCUT2D eigenvalue weighted by molar-refractivity contribution is -0.0140. The third-order valence-electron chi connectivity index (χ3n) is 6.61. The molecule has 37 heavy (non-hydrogen) atoms. The second-order valence-electron chi connectivity index (χ2n) is 9.50. The van der Waals surface area contributed by atoms with Crippen molar-refractivity contribution in [3.05, 3.63) is 125 Å². The monoisotopic (exact) mass is 493 g/mol. The van der Waals surface area contributed by atoms with Crippen molar-refractivity contribution in [3.8, 4) is 17.2 Å². The lowest BCUT2D eigenvalue weighted by atomic mass is 9.81. The van der Waals surface area contributed by atoms with Gasteiger partial charge in [-0.05, 0) is 97.7 Å². The van der Waals surface area contributed by atoms with Gasteiger partial charge in [0.05, 0.1) is 18.2 Å². The summed E-state index contributed by atoms with van der Waals surface area (Å²) < 4.78 is 19.6. The zero-order valence-corrected chi connectivity index (χ0v) is 21.3. The van der Waals surface area contributed by atoms with Gasteiger partial charge in [0, 0.05) is 5.69 Å². The fourth-order valence-electron chi connectivity index (χ4n) is 4.71. The molecular weight excluding hydrogens is 461 g/mol. The fourth-order valence-corrected chi connectivity index (χ4v) is 4.71. The molecule has 4 aromatic carbocycles. The number of hydrogen-bond donors (Lipinski definition) is 1. The van der Waals surface area contributed by atoms with E-state index in [0.717, 1.165) is 41.8 Å². The Balaban J connectivity index is 0.000000207. The van der Waals surface area contributed by atoms with Crippen LogP contribution in [-0.2, 0) is 16.9 Å². The van der Waals surface area contributed by atoms with Crippen LogP contribution in [0.4, 0.5) is 10.1 Å². The number of nitrogens with two attached hydrogens (primary N) is 1. The molecule has 1 atom stereocenters. The van der Waals surface area contributed by atoms with E-state index in [0.29, 0.717) is 12.2 Å². The van der Waals surface area contributed by atoms with Crippen molar-refractivity contribution in [2.45, 2.75) is 25.0 Å². The predicted octanol–water partition coefficient (Wildman–Crippen LogP) is 6.75. The van der Waals surface area contributed by atoms with Gasteiger partial charge in [-0.25, -0.2) is 4.39 Å². The number of ether oxygens (including phenoxy) is 1. The minimum absolute atomic E-state index is 0.250. The van der Waals surface area contributed by atoms with Crippen LogP contribution in [-0.4, -0.2) is 25.5 Å². The van der Waals surface area contributed by atoms with Gasteiger partial charge in [-0.15, -0.1) is 0 Å². The lowest BCUT2D eigenvalue weighted by Crippen LogP contribution is -2.28. The molecule has 0 amide bonds. The zero-order chi connectivity index (χ0) is 26.3. The summed E-state index contributed by atoms with van der Waals surface area (Å²) in [5.41, 5.74) is 12.0. The Morgan fingerprint density at radius 3 is 2.24 bits per heavy atom. The molecule has 4 aromatic rings. The minimum atomic E-state index is -0.562. The van der Waals surface area contributed by atoms with Gasteiger partial charge in [-0.3, -0.25) is 0 Å². The van der Waals surface area contributed by atoms with E-state index in [2.05, 4.69) is 23.1 Å². The van der Waals surface area contributed by atoms with Crippen LogP contribution in [0, 0.1) is 17.1 Å². The first-order valence-corrected chi connectivity index (χ1v) is 12.4. The van der Waals surface area contributed by atoms with Crippen LogP contribution in [0.1, 0.15) is 35.1 Å².